The van der Waals surface area contributed by atoms with E-state index in [-0.39, 0.29) is 5.04 Å². The van der Waals surface area contributed by atoms with Crippen molar-refractivity contribution in [3.05, 3.63) is 60.7 Å². The van der Waals surface area contributed by atoms with Gasteiger partial charge in [0.05, 0.1) is 0 Å². The van der Waals surface area contributed by atoms with Gasteiger partial charge in [-0.05, 0) is 15.4 Å². The Hall–Kier alpha value is -1.09. The zero-order chi connectivity index (χ0) is 13.9. The van der Waals surface area contributed by atoms with Crippen molar-refractivity contribution >= 4 is 30.6 Å². The summed E-state index contributed by atoms with van der Waals surface area (Å²) in [4.78, 5) is 0. The van der Waals surface area contributed by atoms with E-state index in [1.165, 1.54) is 10.4 Å². The van der Waals surface area contributed by atoms with Crippen LogP contribution in [-0.4, -0.2) is 8.32 Å². The molecule has 0 heterocycles. The van der Waals surface area contributed by atoms with Crippen LogP contribution in [0.3, 0.4) is 0 Å². The van der Waals surface area contributed by atoms with E-state index < -0.39 is 8.32 Å². The second-order valence-corrected chi connectivity index (χ2v) is 10.4. The summed E-state index contributed by atoms with van der Waals surface area (Å²) in [7, 11) is -2.46. The summed E-state index contributed by atoms with van der Waals surface area (Å²) < 4.78 is 5.69. The first-order valence-electron chi connectivity index (χ1n) is 6.43. The molecule has 2 aromatic carbocycles. The van der Waals surface area contributed by atoms with Gasteiger partial charge in [0.15, 0.2) is 0 Å². The Bertz CT molecular complexity index is 480. The van der Waals surface area contributed by atoms with Crippen LogP contribution in [-0.2, 0) is 3.98 Å². The van der Waals surface area contributed by atoms with Gasteiger partial charge in [0.25, 0.3) is 8.32 Å². The Labute approximate surface area is 121 Å². The van der Waals surface area contributed by atoms with Crippen LogP contribution in [0.15, 0.2) is 60.7 Å². The van der Waals surface area contributed by atoms with E-state index in [0.29, 0.717) is 0 Å². The lowest BCUT2D eigenvalue weighted by Gasteiger charge is -2.40. The molecular weight excluding hydrogens is 272 g/mol. The van der Waals surface area contributed by atoms with E-state index in [0.717, 1.165) is 0 Å². The highest BCUT2D eigenvalue weighted by molar-refractivity contribution is 7.01. The molecule has 0 radical (unpaired) electrons. The second kappa shape index (κ2) is 5.49. The van der Waals surface area contributed by atoms with Gasteiger partial charge in [-0.15, -0.1) is 0 Å². The third-order valence-corrected chi connectivity index (χ3v) is 8.86. The van der Waals surface area contributed by atoms with Crippen molar-refractivity contribution in [1.82, 2.24) is 0 Å². The number of halogens is 1. The Morgan fingerprint density at radius 2 is 1.16 bits per heavy atom. The van der Waals surface area contributed by atoms with E-state index in [1.54, 1.807) is 0 Å². The quantitative estimate of drug-likeness (QED) is 0.783. The average Bonchev–Trinajstić information content (AvgIpc) is 2.41. The second-order valence-electron chi connectivity index (χ2n) is 5.74. The maximum atomic E-state index is 6.04. The van der Waals surface area contributed by atoms with Crippen LogP contribution in [0.1, 0.15) is 20.8 Å². The average molecular weight is 291 g/mol. The molecule has 100 valence electrons. The lowest BCUT2D eigenvalue weighted by Crippen LogP contribution is -2.65. The lowest BCUT2D eigenvalue weighted by atomic mass is 10.2. The maximum Gasteiger partial charge on any atom is 0.286 e. The van der Waals surface area contributed by atoms with Gasteiger partial charge in [-0.3, -0.25) is 0 Å². The summed E-state index contributed by atoms with van der Waals surface area (Å²) in [6, 6.07) is 20.7. The molecule has 1 nitrogen and oxygen atoms in total. The normalized spacial score (nSPS) is 12.4. The summed E-state index contributed by atoms with van der Waals surface area (Å²) in [5.41, 5.74) is 0. The van der Waals surface area contributed by atoms with Gasteiger partial charge in [-0.1, -0.05) is 81.4 Å². The molecule has 0 aliphatic carbocycles. The van der Waals surface area contributed by atoms with E-state index in [4.69, 9.17) is 15.8 Å². The molecule has 0 saturated heterocycles. The topological polar surface area (TPSA) is 9.23 Å². The van der Waals surface area contributed by atoms with Gasteiger partial charge in [-0.2, -0.15) is 0 Å². The van der Waals surface area contributed by atoms with Gasteiger partial charge in [0.2, 0.25) is 0 Å². The Morgan fingerprint density at radius 1 is 0.789 bits per heavy atom. The summed E-state index contributed by atoms with van der Waals surface area (Å²) >= 11 is 6.04. The number of hydrogen-bond acceptors (Lipinski definition) is 1. The molecule has 0 fully saturated rings. The Balaban J connectivity index is 2.70. The van der Waals surface area contributed by atoms with Crippen molar-refractivity contribution < 1.29 is 3.98 Å². The lowest BCUT2D eigenvalue weighted by molar-refractivity contribution is 0.550. The monoisotopic (exact) mass is 290 g/mol. The van der Waals surface area contributed by atoms with Crippen LogP contribution < -0.4 is 10.4 Å². The van der Waals surface area contributed by atoms with Crippen molar-refractivity contribution in [2.45, 2.75) is 25.8 Å². The molecule has 19 heavy (non-hydrogen) atoms. The molecule has 0 N–H and O–H groups in total. The third kappa shape index (κ3) is 2.48. The van der Waals surface area contributed by atoms with Crippen molar-refractivity contribution in [3.63, 3.8) is 0 Å². The standard InChI is InChI=1S/C16H19ClOSi/c1-16(2,3)19(18-17,14-10-6-4-7-11-14)15-12-8-5-9-13-15/h4-13H,1-3H3. The molecule has 0 aliphatic heterocycles. The van der Waals surface area contributed by atoms with Crippen molar-refractivity contribution in [2.75, 3.05) is 0 Å². The predicted molar refractivity (Wildman–Crippen MR) is 84.6 cm³/mol. The van der Waals surface area contributed by atoms with E-state index in [1.807, 2.05) is 36.4 Å². The molecule has 0 unspecified atom stereocenters. The van der Waals surface area contributed by atoms with Gasteiger partial charge in [0, 0.05) is 11.9 Å². The first-order chi connectivity index (χ1) is 9.02. The number of hydrogen-bond donors (Lipinski definition) is 0. The summed E-state index contributed by atoms with van der Waals surface area (Å²) in [5.74, 6) is 0. The summed E-state index contributed by atoms with van der Waals surface area (Å²) in [6.07, 6.45) is 0. The molecule has 0 spiro atoms. The van der Waals surface area contributed by atoms with E-state index in [9.17, 15) is 0 Å². The van der Waals surface area contributed by atoms with Crippen molar-refractivity contribution in [1.29, 1.82) is 0 Å². The molecule has 2 rings (SSSR count). The van der Waals surface area contributed by atoms with Crippen LogP contribution in [0.5, 0.6) is 0 Å². The first kappa shape index (κ1) is 14.3. The Morgan fingerprint density at radius 3 is 1.42 bits per heavy atom. The molecule has 0 amide bonds. The predicted octanol–water partition coefficient (Wildman–Crippen LogP) is 3.72. The minimum absolute atomic E-state index is 0.0442. The van der Waals surface area contributed by atoms with Gasteiger partial charge in [0.1, 0.15) is 0 Å². The fourth-order valence-electron chi connectivity index (χ4n) is 2.58. The molecule has 2 aromatic rings. The van der Waals surface area contributed by atoms with E-state index in [2.05, 4.69) is 45.0 Å². The third-order valence-electron chi connectivity index (χ3n) is 3.53. The summed E-state index contributed by atoms with van der Waals surface area (Å²) in [5, 5.41) is 2.35. The molecular formula is C16H19ClOSi. The number of rotatable bonds is 3. The molecule has 3 heteroatoms. The van der Waals surface area contributed by atoms with Crippen molar-refractivity contribution in [2.24, 2.45) is 0 Å². The van der Waals surface area contributed by atoms with Gasteiger partial charge >= 0.3 is 0 Å². The highest BCUT2D eigenvalue weighted by Crippen LogP contribution is 2.37. The molecule has 0 aromatic heterocycles. The Kier molecular flexibility index (Phi) is 4.14. The number of benzene rings is 2. The van der Waals surface area contributed by atoms with Crippen LogP contribution in [0, 0.1) is 0 Å². The summed E-state index contributed by atoms with van der Waals surface area (Å²) in [6.45, 7) is 6.59. The maximum absolute atomic E-state index is 6.04. The largest absolute Gasteiger partial charge is 0.313 e. The highest BCUT2D eigenvalue weighted by atomic mass is 35.5. The van der Waals surface area contributed by atoms with E-state index >= 15 is 0 Å². The fraction of sp³-hybridized carbons (Fsp3) is 0.250. The smallest absolute Gasteiger partial charge is 0.286 e. The fourth-order valence-corrected chi connectivity index (χ4v) is 7.61. The van der Waals surface area contributed by atoms with Gasteiger partial charge < -0.3 is 3.98 Å². The SMILES string of the molecule is CC(C)(C)[Si](OCl)(c1ccccc1)c1ccccc1. The zero-order valence-corrected chi connectivity index (χ0v) is 13.3. The first-order valence-corrected chi connectivity index (χ1v) is 8.65. The van der Waals surface area contributed by atoms with Crippen molar-refractivity contribution in [3.8, 4) is 0 Å². The molecule has 0 saturated carbocycles. The van der Waals surface area contributed by atoms with Crippen LogP contribution in [0.2, 0.25) is 5.04 Å². The highest BCUT2D eigenvalue weighted by Gasteiger charge is 2.50. The molecule has 0 atom stereocenters. The van der Waals surface area contributed by atoms with Gasteiger partial charge in [-0.25, -0.2) is 0 Å². The van der Waals surface area contributed by atoms with Crippen LogP contribution >= 0.6 is 11.9 Å². The zero-order valence-electron chi connectivity index (χ0n) is 11.6. The molecule has 0 aliphatic rings. The molecule has 0 bridgehead atoms. The minimum Gasteiger partial charge on any atom is -0.313 e. The minimum atomic E-state index is -2.46. The van der Waals surface area contributed by atoms with Crippen LogP contribution in [0.4, 0.5) is 0 Å². The van der Waals surface area contributed by atoms with Crippen LogP contribution in [0.25, 0.3) is 0 Å².